The summed E-state index contributed by atoms with van der Waals surface area (Å²) in [5.41, 5.74) is 29.0. The maximum Gasteiger partial charge on any atom is 0.303 e. The third-order valence-electron chi connectivity index (χ3n) is 14.7. The van der Waals surface area contributed by atoms with E-state index >= 15 is 0 Å². The molecule has 2 bridgehead atoms. The molecule has 0 radical (unpaired) electrons. The average molecular weight is 1440 g/mol. The highest BCUT2D eigenvalue weighted by Crippen LogP contribution is 2.26. The largest absolute Gasteiger partial charge is 0.508 e. The molecule has 42 heteroatoms. The highest BCUT2D eigenvalue weighted by atomic mass is 33.1. The molecule has 12 atom stereocenters. The normalized spacial score (nSPS) is 25.8. The van der Waals surface area contributed by atoms with Crippen LogP contribution < -0.4 is 87.2 Å². The van der Waals surface area contributed by atoms with Gasteiger partial charge >= 0.3 is 5.97 Å². The first kappa shape index (κ1) is 78.6. The number of rotatable bonds is 17. The Morgan fingerprint density at radius 2 is 1.29 bits per heavy atom. The number of nitrogens with zero attached hydrogens (tertiary/aromatic N) is 3. The number of primary amides is 2. The first-order valence-electron chi connectivity index (χ1n) is 30.1. The van der Waals surface area contributed by atoms with Crippen LogP contribution in [0.2, 0.25) is 0 Å². The molecule has 0 aliphatic carbocycles. The molecule has 3 fully saturated rings. The fraction of sp³-hybridized carbons (Fsp3) is 0.545. The topological polar surface area (TPSA) is 623 Å². The molecule has 3 aliphatic rings. The number of aliphatic imine (C=N–C) groups is 1. The Balaban J connectivity index is 1.62. The van der Waals surface area contributed by atoms with Crippen LogP contribution in [-0.4, -0.2) is 247 Å². The maximum absolute atomic E-state index is 14.6. The number of aromatic nitrogens is 2. The lowest BCUT2D eigenvalue weighted by atomic mass is 10.0. The third kappa shape index (κ3) is 26.1. The van der Waals surface area contributed by atoms with Gasteiger partial charge in [-0.1, -0.05) is 55.3 Å². The van der Waals surface area contributed by atoms with E-state index in [4.69, 9.17) is 28.7 Å². The van der Waals surface area contributed by atoms with Gasteiger partial charge in [-0.15, -0.1) is 0 Å². The summed E-state index contributed by atoms with van der Waals surface area (Å²) in [5.74, 6) is -18.2. The summed E-state index contributed by atoms with van der Waals surface area (Å²) in [6.45, 7) is -0.925. The van der Waals surface area contributed by atoms with Gasteiger partial charge in [0.15, 0.2) is 5.96 Å². The van der Waals surface area contributed by atoms with Crippen LogP contribution in [0.4, 0.5) is 0 Å². The Labute approximate surface area is 569 Å². The van der Waals surface area contributed by atoms with E-state index in [1.165, 1.54) is 43.7 Å². The summed E-state index contributed by atoms with van der Waals surface area (Å²) < 4.78 is 0. The molecule has 97 heavy (non-hydrogen) atoms. The summed E-state index contributed by atoms with van der Waals surface area (Å²) in [7, 11) is 3.20. The fourth-order valence-corrected chi connectivity index (χ4v) is 14.2. The van der Waals surface area contributed by atoms with E-state index in [9.17, 15) is 87.2 Å². The standard InChI is InChI=1S/C55H80N20O18S4/c1-25-44(83)72-36-21-95-97-22-37(73-45(84)29(56)10-11-42(80)81)52(91)74-38(51(90)69-33(16-40(57)78)54(93)75-13-3-5-39(75)53(92)65-25)23-96-94-20-35(43(58)82)71-50(89)34(19-76)70-48(87)31(14-26-6-8-28(77)9-7-26)67-49(88)32(15-27-17-61-24-64-27)68-47(86)30(4-2-12-62-55(59)60)66-41(79)18-63-46(36)85/h6-9,17,24-25,29-39,76-77H,2-5,10-16,18-23,56H2,1H3,(H2,57,78)(H2,58,82)(H,61,64)(H,63,85)(H,65,92)(H,66,79)(H,67,88)(H,68,86)(H,69,90)(H,70,87)(H,71,89)(H,72,83)(H,73,84)(H,74,91)(H,80,81)(H4,59,60,62). The zero-order valence-corrected chi connectivity index (χ0v) is 55.5. The number of aromatic amines is 1. The van der Waals surface area contributed by atoms with Crippen molar-refractivity contribution < 1.29 is 87.2 Å². The molecule has 3 saturated heterocycles. The highest BCUT2D eigenvalue weighted by molar-refractivity contribution is 8.77. The van der Waals surface area contributed by atoms with Crippen LogP contribution >= 0.6 is 43.2 Å². The molecule has 14 amide bonds. The Morgan fingerprint density at radius 3 is 1.91 bits per heavy atom. The zero-order chi connectivity index (χ0) is 71.5. The number of nitrogens with one attached hydrogen (secondary N) is 12. The van der Waals surface area contributed by atoms with Crippen LogP contribution in [0.1, 0.15) is 63.1 Å². The van der Waals surface area contributed by atoms with E-state index in [0.29, 0.717) is 5.56 Å². The number of carboxylic acids is 1. The number of H-pyrrole nitrogens is 1. The van der Waals surface area contributed by atoms with Crippen molar-refractivity contribution in [2.24, 2.45) is 33.7 Å². The second kappa shape index (κ2) is 39.2. The Bertz CT molecular complexity index is 3210. The molecule has 3 aliphatic heterocycles. The fourth-order valence-electron chi connectivity index (χ4n) is 9.51. The van der Waals surface area contributed by atoms with Crippen LogP contribution in [0.3, 0.4) is 0 Å². The lowest BCUT2D eigenvalue weighted by Crippen LogP contribution is -2.61. The Morgan fingerprint density at radius 1 is 0.691 bits per heavy atom. The number of aliphatic hydroxyl groups excluding tert-OH is 1. The van der Waals surface area contributed by atoms with Crippen molar-refractivity contribution in [1.29, 1.82) is 0 Å². The van der Waals surface area contributed by atoms with Crippen LogP contribution in [0, 0.1) is 0 Å². The van der Waals surface area contributed by atoms with Gasteiger partial charge < -0.3 is 112 Å². The first-order chi connectivity index (χ1) is 46.0. The summed E-state index contributed by atoms with van der Waals surface area (Å²) >= 11 is 0. The zero-order valence-electron chi connectivity index (χ0n) is 52.2. The van der Waals surface area contributed by atoms with Crippen LogP contribution in [0.5, 0.6) is 5.75 Å². The molecule has 0 saturated carbocycles. The van der Waals surface area contributed by atoms with E-state index in [1.54, 1.807) is 0 Å². The van der Waals surface area contributed by atoms with Gasteiger partial charge in [-0.2, -0.15) is 0 Å². The number of benzene rings is 1. The maximum atomic E-state index is 14.6. The third-order valence-corrected chi connectivity index (χ3v) is 19.6. The number of aliphatic carboxylic acids is 1. The minimum Gasteiger partial charge on any atom is -0.508 e. The number of amides is 14. The predicted molar refractivity (Wildman–Crippen MR) is 352 cm³/mol. The van der Waals surface area contributed by atoms with Gasteiger partial charge in [-0.25, -0.2) is 4.98 Å². The van der Waals surface area contributed by atoms with Gasteiger partial charge in [0.05, 0.1) is 31.9 Å². The summed E-state index contributed by atoms with van der Waals surface area (Å²) in [6, 6.07) is -14.0. The number of imidazole rings is 1. The number of aromatic hydroxyl groups is 1. The second-order valence-electron chi connectivity index (χ2n) is 22.3. The Kier molecular flexibility index (Phi) is 31.7. The molecule has 0 spiro atoms. The average Bonchev–Trinajstić information content (AvgIpc) is 1.76. The van der Waals surface area contributed by atoms with Crippen LogP contribution in [-0.2, 0) is 84.8 Å². The molecule has 38 nitrogen and oxygen atoms in total. The van der Waals surface area contributed by atoms with E-state index in [2.05, 4.69) is 73.4 Å². The number of hydrogen-bond acceptors (Lipinski definition) is 24. The van der Waals surface area contributed by atoms with Crippen molar-refractivity contribution >= 4 is 138 Å². The molecule has 12 unspecified atom stereocenters. The molecule has 532 valence electrons. The number of carbonyl (C=O) groups excluding carboxylic acids is 14. The van der Waals surface area contributed by atoms with E-state index in [0.717, 1.165) is 48.1 Å². The molecular formula is C55H80N20O18S4. The van der Waals surface area contributed by atoms with Crippen molar-refractivity contribution in [2.75, 3.05) is 49.3 Å². The predicted octanol–water partition coefficient (Wildman–Crippen LogP) is -8.74. The minimum absolute atomic E-state index is 0.0220. The molecule has 4 heterocycles. The number of aliphatic hydroxyl groups is 1. The second-order valence-corrected chi connectivity index (χ2v) is 27.4. The van der Waals surface area contributed by atoms with E-state index in [1.807, 2.05) is 0 Å². The van der Waals surface area contributed by atoms with Gasteiger partial charge in [0, 0.05) is 67.3 Å². The van der Waals surface area contributed by atoms with Crippen molar-refractivity contribution in [2.45, 2.75) is 137 Å². The Hall–Kier alpha value is -9.13. The van der Waals surface area contributed by atoms with Gasteiger partial charge in [0.2, 0.25) is 82.7 Å². The highest BCUT2D eigenvalue weighted by Gasteiger charge is 2.41. The SMILES string of the molecule is CC1NC(=O)C2CCCN2C(=O)C(CC(N)=O)NC(=O)C2CSSCC(C(N)=O)NC(=O)C(CO)NC(=O)C(Cc3ccc(O)cc3)NC(=O)C(Cc3cnc[nH]3)NC(=O)C(CCCN=C(N)N)NC(=O)CNC(=O)C(CSSCC(NC(=O)C(N)CCC(=O)O)C(=O)N2)NC1=O. The van der Waals surface area contributed by atoms with Crippen molar-refractivity contribution in [1.82, 2.24) is 73.4 Å². The van der Waals surface area contributed by atoms with Gasteiger partial charge in [-0.05, 0) is 56.7 Å². The molecule has 1 aromatic heterocycles. The van der Waals surface area contributed by atoms with Crippen LogP contribution in [0.15, 0.2) is 41.8 Å². The number of carboxylic acid groups (broad SMARTS) is 1. The van der Waals surface area contributed by atoms with Crippen molar-refractivity contribution in [3.63, 3.8) is 0 Å². The molecule has 25 N–H and O–H groups in total. The van der Waals surface area contributed by atoms with Gasteiger partial charge in [0.25, 0.3) is 0 Å². The number of fused-ring (bicyclic) bond motifs is 9. The smallest absolute Gasteiger partial charge is 0.303 e. The number of nitrogens with two attached hydrogens (primary N) is 5. The summed E-state index contributed by atoms with van der Waals surface area (Å²) in [6.07, 6.45) is 0.138. The van der Waals surface area contributed by atoms with Gasteiger partial charge in [-0.3, -0.25) is 76.9 Å². The number of carbonyl (C=O) groups is 15. The minimum atomic E-state index is -1.87. The molecule has 1 aromatic carbocycles. The van der Waals surface area contributed by atoms with Gasteiger partial charge in [0.1, 0.15) is 72.2 Å². The summed E-state index contributed by atoms with van der Waals surface area (Å²) in [4.78, 5) is 219. The number of phenolic OH excluding ortho intramolecular Hbond substituents is 1. The molecular weight excluding hydrogens is 1360 g/mol. The molecule has 2 aromatic rings. The lowest BCUT2D eigenvalue weighted by molar-refractivity contribution is -0.143. The number of guanidine groups is 1. The number of phenols is 1. The molecule has 5 rings (SSSR count). The van der Waals surface area contributed by atoms with Crippen molar-refractivity contribution in [3.8, 4) is 5.75 Å². The van der Waals surface area contributed by atoms with Crippen LogP contribution in [0.25, 0.3) is 0 Å². The summed E-state index contributed by atoms with van der Waals surface area (Å²) in [5, 5.41) is 57.0. The lowest BCUT2D eigenvalue weighted by Gasteiger charge is -2.30. The van der Waals surface area contributed by atoms with E-state index in [-0.39, 0.29) is 69.0 Å². The quantitative estimate of drug-likeness (QED) is 0.0303. The number of hydrogen-bond donors (Lipinski definition) is 20. The van der Waals surface area contributed by atoms with E-state index < -0.39 is 217 Å². The monoisotopic (exact) mass is 1440 g/mol. The first-order valence-corrected chi connectivity index (χ1v) is 35.1. The van der Waals surface area contributed by atoms with Crippen molar-refractivity contribution in [3.05, 3.63) is 48.0 Å².